The summed E-state index contributed by atoms with van der Waals surface area (Å²) in [6.45, 7) is 5.21. The van der Waals surface area contributed by atoms with Crippen LogP contribution in [0, 0.1) is 5.92 Å². The molecule has 0 unspecified atom stereocenters. The van der Waals surface area contributed by atoms with Gasteiger partial charge in [0.05, 0.1) is 19.8 Å². The number of para-hydroxylation sites is 1. The van der Waals surface area contributed by atoms with Gasteiger partial charge in [0.25, 0.3) is 0 Å². The zero-order chi connectivity index (χ0) is 19.1. The van der Waals surface area contributed by atoms with E-state index in [1.807, 2.05) is 18.2 Å². The van der Waals surface area contributed by atoms with Crippen LogP contribution in [0.25, 0.3) is 10.9 Å². The Bertz CT molecular complexity index is 763. The molecule has 1 aromatic carbocycles. The first-order valence-corrected chi connectivity index (χ1v) is 8.60. The predicted octanol–water partition coefficient (Wildman–Crippen LogP) is 2.56. The maximum Gasteiger partial charge on any atom is 0.321 e. The summed E-state index contributed by atoms with van der Waals surface area (Å²) in [5, 5.41) is 0.726. The number of aromatic nitrogens is 1. The highest BCUT2D eigenvalue weighted by atomic mass is 16.6. The first-order chi connectivity index (χ1) is 12.5. The molecule has 0 aliphatic heterocycles. The summed E-state index contributed by atoms with van der Waals surface area (Å²) in [4.78, 5) is 40.7. The Kier molecular flexibility index (Phi) is 6.77. The van der Waals surface area contributed by atoms with Crippen LogP contribution < -0.4 is 0 Å². The Balaban J connectivity index is 2.58. The molecule has 1 N–H and O–H groups in total. The van der Waals surface area contributed by atoms with Gasteiger partial charge >= 0.3 is 17.9 Å². The van der Waals surface area contributed by atoms with Crippen LogP contribution in [0.1, 0.15) is 32.3 Å². The van der Waals surface area contributed by atoms with E-state index in [-0.39, 0.29) is 19.8 Å². The molecular formula is C19H23NO6. The molecular weight excluding hydrogens is 338 g/mol. The average molecular weight is 361 g/mol. The van der Waals surface area contributed by atoms with E-state index in [4.69, 9.17) is 14.2 Å². The number of hydrogen-bond acceptors (Lipinski definition) is 6. The van der Waals surface area contributed by atoms with E-state index in [1.165, 1.54) is 0 Å². The predicted molar refractivity (Wildman–Crippen MR) is 94.4 cm³/mol. The smallest absolute Gasteiger partial charge is 0.321 e. The van der Waals surface area contributed by atoms with Crippen molar-refractivity contribution in [1.29, 1.82) is 0 Å². The quantitative estimate of drug-likeness (QED) is 0.441. The van der Waals surface area contributed by atoms with Crippen molar-refractivity contribution in [2.75, 3.05) is 19.8 Å². The van der Waals surface area contributed by atoms with Crippen LogP contribution in [0.2, 0.25) is 0 Å². The highest BCUT2D eigenvalue weighted by molar-refractivity contribution is 6.03. The fraction of sp³-hybridized carbons (Fsp3) is 0.421. The maximum absolute atomic E-state index is 12.7. The van der Waals surface area contributed by atoms with Crippen molar-refractivity contribution in [3.05, 3.63) is 36.0 Å². The molecule has 1 atom stereocenters. The molecule has 0 aliphatic carbocycles. The summed E-state index contributed by atoms with van der Waals surface area (Å²) in [5.74, 6) is -4.90. The number of benzene rings is 1. The van der Waals surface area contributed by atoms with E-state index in [9.17, 15) is 14.4 Å². The molecule has 0 radical (unpaired) electrons. The Morgan fingerprint density at radius 1 is 0.885 bits per heavy atom. The molecule has 2 rings (SSSR count). The Hall–Kier alpha value is -2.83. The molecule has 0 fully saturated rings. The van der Waals surface area contributed by atoms with E-state index < -0.39 is 29.7 Å². The minimum absolute atomic E-state index is 0.0815. The Morgan fingerprint density at radius 2 is 1.42 bits per heavy atom. The monoisotopic (exact) mass is 361 g/mol. The minimum Gasteiger partial charge on any atom is -0.465 e. The summed E-state index contributed by atoms with van der Waals surface area (Å²) in [5.41, 5.74) is 1.27. The summed E-state index contributed by atoms with van der Waals surface area (Å²) >= 11 is 0. The van der Waals surface area contributed by atoms with Crippen molar-refractivity contribution < 1.29 is 28.6 Å². The molecule has 0 bridgehead atoms. The number of rotatable bonds is 8. The number of esters is 3. The lowest BCUT2D eigenvalue weighted by Crippen LogP contribution is -2.37. The molecule has 26 heavy (non-hydrogen) atoms. The second kappa shape index (κ2) is 9.03. The summed E-state index contributed by atoms with van der Waals surface area (Å²) < 4.78 is 15.2. The van der Waals surface area contributed by atoms with Gasteiger partial charge in [-0.25, -0.2) is 0 Å². The van der Waals surface area contributed by atoms with Crippen LogP contribution >= 0.6 is 0 Å². The second-order valence-corrected chi connectivity index (χ2v) is 5.50. The summed E-state index contributed by atoms with van der Waals surface area (Å²) in [7, 11) is 0. The van der Waals surface area contributed by atoms with Crippen molar-refractivity contribution in [2.24, 2.45) is 5.92 Å². The van der Waals surface area contributed by atoms with Gasteiger partial charge in [0.1, 0.15) is 5.92 Å². The van der Waals surface area contributed by atoms with E-state index in [2.05, 4.69) is 4.98 Å². The number of aromatic amines is 1. The number of ether oxygens (including phenoxy) is 3. The SMILES string of the molecule is CCOC(=O)C(C(=O)OCC)[C@H](C(=O)OCC)c1c[nH]c2ccccc12. The molecule has 1 heterocycles. The van der Waals surface area contributed by atoms with Gasteiger partial charge in [-0.3, -0.25) is 14.4 Å². The Morgan fingerprint density at radius 3 is 2.00 bits per heavy atom. The van der Waals surface area contributed by atoms with Gasteiger partial charge in [0.15, 0.2) is 5.92 Å². The van der Waals surface area contributed by atoms with Crippen molar-refractivity contribution >= 4 is 28.8 Å². The van der Waals surface area contributed by atoms with Gasteiger partial charge in [0, 0.05) is 17.1 Å². The lowest BCUT2D eigenvalue weighted by Gasteiger charge is -2.22. The lowest BCUT2D eigenvalue weighted by molar-refractivity contribution is -0.168. The Labute approximate surface area is 151 Å². The fourth-order valence-corrected chi connectivity index (χ4v) is 2.86. The largest absolute Gasteiger partial charge is 0.465 e. The fourth-order valence-electron chi connectivity index (χ4n) is 2.86. The first-order valence-electron chi connectivity index (χ1n) is 8.60. The third kappa shape index (κ3) is 4.04. The average Bonchev–Trinajstić information content (AvgIpc) is 3.03. The molecule has 0 saturated carbocycles. The van der Waals surface area contributed by atoms with Gasteiger partial charge < -0.3 is 19.2 Å². The standard InChI is InChI=1S/C19H23NO6/c1-4-24-17(21)15(13-11-20-14-10-8-7-9-12(13)14)16(18(22)25-5-2)19(23)26-6-3/h7-11,15-16,20H,4-6H2,1-3H3/t15-/m1/s1. The summed E-state index contributed by atoms with van der Waals surface area (Å²) in [6.07, 6.45) is 1.61. The van der Waals surface area contributed by atoms with Crippen molar-refractivity contribution in [2.45, 2.75) is 26.7 Å². The van der Waals surface area contributed by atoms with E-state index in [0.717, 1.165) is 10.9 Å². The van der Waals surface area contributed by atoms with Crippen LogP contribution in [0.5, 0.6) is 0 Å². The molecule has 0 aliphatic rings. The van der Waals surface area contributed by atoms with Crippen molar-refractivity contribution in [1.82, 2.24) is 4.98 Å². The third-order valence-corrected chi connectivity index (χ3v) is 3.91. The maximum atomic E-state index is 12.7. The van der Waals surface area contributed by atoms with Crippen LogP contribution in [0.15, 0.2) is 30.5 Å². The molecule has 7 nitrogen and oxygen atoms in total. The topological polar surface area (TPSA) is 94.7 Å². The second-order valence-electron chi connectivity index (χ2n) is 5.50. The molecule has 0 saturated heterocycles. The van der Waals surface area contributed by atoms with Crippen molar-refractivity contribution in [3.63, 3.8) is 0 Å². The number of carbonyl (C=O) groups excluding carboxylic acids is 3. The van der Waals surface area contributed by atoms with E-state index >= 15 is 0 Å². The first kappa shape index (κ1) is 19.5. The van der Waals surface area contributed by atoms with E-state index in [0.29, 0.717) is 5.56 Å². The molecule has 0 amide bonds. The normalized spacial score (nSPS) is 12.0. The number of fused-ring (bicyclic) bond motifs is 1. The lowest BCUT2D eigenvalue weighted by atomic mass is 9.85. The zero-order valence-corrected chi connectivity index (χ0v) is 15.1. The number of nitrogens with one attached hydrogen (secondary N) is 1. The summed E-state index contributed by atoms with van der Waals surface area (Å²) in [6, 6.07) is 7.30. The molecule has 1 aromatic heterocycles. The highest BCUT2D eigenvalue weighted by Crippen LogP contribution is 2.34. The van der Waals surface area contributed by atoms with Crippen LogP contribution in [0.3, 0.4) is 0 Å². The van der Waals surface area contributed by atoms with Gasteiger partial charge in [-0.2, -0.15) is 0 Å². The molecule has 7 heteroatoms. The van der Waals surface area contributed by atoms with Gasteiger partial charge in [-0.15, -0.1) is 0 Å². The van der Waals surface area contributed by atoms with Gasteiger partial charge in [0.2, 0.25) is 0 Å². The number of hydrogen-bond donors (Lipinski definition) is 1. The molecule has 140 valence electrons. The molecule has 2 aromatic rings. The van der Waals surface area contributed by atoms with E-state index in [1.54, 1.807) is 33.0 Å². The van der Waals surface area contributed by atoms with Crippen molar-refractivity contribution in [3.8, 4) is 0 Å². The van der Waals surface area contributed by atoms with Gasteiger partial charge in [-0.05, 0) is 32.4 Å². The van der Waals surface area contributed by atoms with Gasteiger partial charge in [-0.1, -0.05) is 18.2 Å². The van der Waals surface area contributed by atoms with Crippen LogP contribution in [-0.2, 0) is 28.6 Å². The zero-order valence-electron chi connectivity index (χ0n) is 15.1. The highest BCUT2D eigenvalue weighted by Gasteiger charge is 2.44. The van der Waals surface area contributed by atoms with Crippen LogP contribution in [0.4, 0.5) is 0 Å². The minimum atomic E-state index is -1.44. The number of H-pyrrole nitrogens is 1. The number of carbonyl (C=O) groups is 3. The third-order valence-electron chi connectivity index (χ3n) is 3.91. The van der Waals surface area contributed by atoms with Crippen LogP contribution in [-0.4, -0.2) is 42.7 Å². The molecule has 0 spiro atoms.